The fourth-order valence-electron chi connectivity index (χ4n) is 3.08. The largest absolute Gasteiger partial charge is 0.350 e. The van der Waals surface area contributed by atoms with Crippen LogP contribution in [0, 0.1) is 0 Å². The predicted molar refractivity (Wildman–Crippen MR) is 110 cm³/mol. The molecule has 0 radical (unpaired) electrons. The third-order valence-electron chi connectivity index (χ3n) is 4.65. The third kappa shape index (κ3) is 4.05. The Hall–Kier alpha value is -3.45. The number of hydrogen-bond donors (Lipinski definition) is 2. The zero-order valence-corrected chi connectivity index (χ0v) is 16.3. The molecule has 146 valence electrons. The van der Waals surface area contributed by atoms with Gasteiger partial charge in [0, 0.05) is 29.8 Å². The fourth-order valence-corrected chi connectivity index (χ4v) is 4.36. The molecule has 29 heavy (non-hydrogen) atoms. The molecule has 7 heteroatoms. The van der Waals surface area contributed by atoms with Crippen molar-refractivity contribution in [1.29, 1.82) is 0 Å². The van der Waals surface area contributed by atoms with Crippen molar-refractivity contribution in [2.24, 2.45) is 0 Å². The van der Waals surface area contributed by atoms with Crippen molar-refractivity contribution in [3.63, 3.8) is 0 Å². The Morgan fingerprint density at radius 2 is 1.69 bits per heavy atom. The Balaban J connectivity index is 1.37. The summed E-state index contributed by atoms with van der Waals surface area (Å²) in [6, 6.07) is 18.7. The standard InChI is InChI=1S/C22H19N3O3S/c26-22(21-14-17-15-23-12-11-20(17)25-21)24-13-10-16-6-8-19(9-7-16)29(27,28)18-4-2-1-3-5-18/h1-9,11-12,14-15,25H,10,13H2,(H,24,26). The molecule has 0 saturated carbocycles. The summed E-state index contributed by atoms with van der Waals surface area (Å²) in [6.45, 7) is 0.442. The van der Waals surface area contributed by atoms with Crippen molar-refractivity contribution in [1.82, 2.24) is 15.3 Å². The molecule has 2 aromatic carbocycles. The summed E-state index contributed by atoms with van der Waals surface area (Å²) >= 11 is 0. The quantitative estimate of drug-likeness (QED) is 0.514. The van der Waals surface area contributed by atoms with Crippen LogP contribution in [-0.2, 0) is 16.3 Å². The highest BCUT2D eigenvalue weighted by Gasteiger charge is 2.16. The van der Waals surface area contributed by atoms with Gasteiger partial charge < -0.3 is 10.3 Å². The zero-order valence-electron chi connectivity index (χ0n) is 15.5. The van der Waals surface area contributed by atoms with Gasteiger partial charge in [-0.15, -0.1) is 0 Å². The van der Waals surface area contributed by atoms with Gasteiger partial charge in [0.1, 0.15) is 5.69 Å². The Morgan fingerprint density at radius 3 is 2.41 bits per heavy atom. The first-order chi connectivity index (χ1) is 14.0. The molecule has 0 aliphatic rings. The van der Waals surface area contributed by atoms with Crippen molar-refractivity contribution < 1.29 is 13.2 Å². The molecule has 0 unspecified atom stereocenters. The summed E-state index contributed by atoms with van der Waals surface area (Å²) < 4.78 is 25.2. The summed E-state index contributed by atoms with van der Waals surface area (Å²) in [6.07, 6.45) is 3.97. The maximum Gasteiger partial charge on any atom is 0.267 e. The Bertz CT molecular complexity index is 1210. The van der Waals surface area contributed by atoms with Gasteiger partial charge in [0.05, 0.1) is 9.79 Å². The van der Waals surface area contributed by atoms with E-state index >= 15 is 0 Å². The van der Waals surface area contributed by atoms with Crippen molar-refractivity contribution in [2.75, 3.05) is 6.54 Å². The van der Waals surface area contributed by atoms with E-state index in [1.54, 1.807) is 73.1 Å². The van der Waals surface area contributed by atoms with Crippen LogP contribution in [0.3, 0.4) is 0 Å². The number of H-pyrrole nitrogens is 1. The highest BCUT2D eigenvalue weighted by atomic mass is 32.2. The Labute approximate surface area is 168 Å². The number of nitrogens with zero attached hydrogens (tertiary/aromatic N) is 1. The average molecular weight is 405 g/mol. The van der Waals surface area contributed by atoms with Gasteiger partial charge in [-0.25, -0.2) is 8.42 Å². The Morgan fingerprint density at radius 1 is 0.966 bits per heavy atom. The molecule has 0 spiro atoms. The average Bonchev–Trinajstić information content (AvgIpc) is 3.19. The van der Waals surface area contributed by atoms with Gasteiger partial charge in [-0.1, -0.05) is 30.3 Å². The van der Waals surface area contributed by atoms with E-state index in [1.807, 2.05) is 6.07 Å². The second-order valence-electron chi connectivity index (χ2n) is 6.61. The number of sulfone groups is 1. The highest BCUT2D eigenvalue weighted by molar-refractivity contribution is 7.91. The molecule has 0 aliphatic heterocycles. The van der Waals surface area contributed by atoms with E-state index in [9.17, 15) is 13.2 Å². The van der Waals surface area contributed by atoms with Crippen LogP contribution in [0.1, 0.15) is 16.1 Å². The number of fused-ring (bicyclic) bond motifs is 1. The maximum absolute atomic E-state index is 12.6. The van der Waals surface area contributed by atoms with Crippen LogP contribution in [0.5, 0.6) is 0 Å². The van der Waals surface area contributed by atoms with Crippen LogP contribution in [0.25, 0.3) is 10.9 Å². The van der Waals surface area contributed by atoms with E-state index < -0.39 is 9.84 Å². The van der Waals surface area contributed by atoms with E-state index in [-0.39, 0.29) is 15.7 Å². The van der Waals surface area contributed by atoms with Gasteiger partial charge in [-0.05, 0) is 48.4 Å². The number of benzene rings is 2. The smallest absolute Gasteiger partial charge is 0.267 e. The monoisotopic (exact) mass is 405 g/mol. The van der Waals surface area contributed by atoms with E-state index in [2.05, 4.69) is 15.3 Å². The molecular formula is C22H19N3O3S. The number of aromatic amines is 1. The minimum atomic E-state index is -3.52. The molecule has 0 saturated heterocycles. The maximum atomic E-state index is 12.6. The third-order valence-corrected chi connectivity index (χ3v) is 6.44. The number of pyridine rings is 1. The topological polar surface area (TPSA) is 91.9 Å². The summed E-state index contributed by atoms with van der Waals surface area (Å²) in [4.78, 5) is 19.9. The fraction of sp³-hybridized carbons (Fsp3) is 0.0909. The second kappa shape index (κ2) is 7.89. The zero-order chi connectivity index (χ0) is 20.3. The number of nitrogens with one attached hydrogen (secondary N) is 2. The van der Waals surface area contributed by atoms with Crippen LogP contribution in [0.2, 0.25) is 0 Å². The molecule has 0 aliphatic carbocycles. The van der Waals surface area contributed by atoms with Crippen LogP contribution >= 0.6 is 0 Å². The van der Waals surface area contributed by atoms with Gasteiger partial charge in [0.25, 0.3) is 5.91 Å². The first-order valence-corrected chi connectivity index (χ1v) is 10.6. The highest BCUT2D eigenvalue weighted by Crippen LogP contribution is 2.21. The molecule has 2 heterocycles. The van der Waals surface area contributed by atoms with Crippen LogP contribution in [0.4, 0.5) is 0 Å². The lowest BCUT2D eigenvalue weighted by molar-refractivity contribution is 0.0950. The number of hydrogen-bond acceptors (Lipinski definition) is 4. The first-order valence-electron chi connectivity index (χ1n) is 9.14. The van der Waals surface area contributed by atoms with Crippen LogP contribution in [-0.4, -0.2) is 30.8 Å². The minimum absolute atomic E-state index is 0.190. The van der Waals surface area contributed by atoms with Crippen molar-refractivity contribution >= 4 is 26.6 Å². The summed E-state index contributed by atoms with van der Waals surface area (Å²) in [5.41, 5.74) is 2.29. The molecule has 0 atom stereocenters. The summed E-state index contributed by atoms with van der Waals surface area (Å²) in [5, 5.41) is 3.75. The molecule has 0 bridgehead atoms. The number of carbonyl (C=O) groups excluding carboxylic acids is 1. The summed E-state index contributed by atoms with van der Waals surface area (Å²) in [5.74, 6) is -0.190. The van der Waals surface area contributed by atoms with Gasteiger partial charge in [0.15, 0.2) is 0 Å². The lowest BCUT2D eigenvalue weighted by Crippen LogP contribution is -2.25. The van der Waals surface area contributed by atoms with Gasteiger partial charge >= 0.3 is 0 Å². The van der Waals surface area contributed by atoms with E-state index in [0.717, 1.165) is 16.5 Å². The molecule has 6 nitrogen and oxygen atoms in total. The number of amides is 1. The predicted octanol–water partition coefficient (Wildman–Crippen LogP) is 3.37. The second-order valence-corrected chi connectivity index (χ2v) is 8.56. The summed E-state index contributed by atoms with van der Waals surface area (Å²) in [7, 11) is -3.52. The lowest BCUT2D eigenvalue weighted by atomic mass is 10.1. The van der Waals surface area contributed by atoms with Crippen molar-refractivity contribution in [2.45, 2.75) is 16.2 Å². The molecule has 4 aromatic rings. The minimum Gasteiger partial charge on any atom is -0.350 e. The van der Waals surface area contributed by atoms with Gasteiger partial charge in [-0.3, -0.25) is 9.78 Å². The number of aromatic nitrogens is 2. The number of carbonyl (C=O) groups is 1. The van der Waals surface area contributed by atoms with E-state index in [0.29, 0.717) is 18.7 Å². The molecule has 2 N–H and O–H groups in total. The van der Waals surface area contributed by atoms with Crippen LogP contribution in [0.15, 0.2) is 88.9 Å². The van der Waals surface area contributed by atoms with Crippen molar-refractivity contribution in [3.8, 4) is 0 Å². The van der Waals surface area contributed by atoms with Gasteiger partial charge in [-0.2, -0.15) is 0 Å². The van der Waals surface area contributed by atoms with E-state index in [1.165, 1.54) is 0 Å². The molecule has 4 rings (SSSR count). The molecule has 2 aromatic heterocycles. The number of rotatable bonds is 6. The first kappa shape index (κ1) is 18.9. The molecule has 0 fully saturated rings. The lowest BCUT2D eigenvalue weighted by Gasteiger charge is -2.07. The van der Waals surface area contributed by atoms with E-state index in [4.69, 9.17) is 0 Å². The van der Waals surface area contributed by atoms with Crippen LogP contribution < -0.4 is 5.32 Å². The SMILES string of the molecule is O=C(NCCc1ccc(S(=O)(=O)c2ccccc2)cc1)c1cc2cnccc2[nH]1. The molecule has 1 amide bonds. The van der Waals surface area contributed by atoms with Crippen molar-refractivity contribution in [3.05, 3.63) is 90.4 Å². The van der Waals surface area contributed by atoms with Gasteiger partial charge in [0.2, 0.25) is 9.84 Å². The normalized spacial score (nSPS) is 11.4. The Kier molecular flexibility index (Phi) is 5.14. The molecular weight excluding hydrogens is 386 g/mol.